The van der Waals surface area contributed by atoms with Crippen molar-refractivity contribution in [2.75, 3.05) is 45.9 Å². The Kier molecular flexibility index (Phi) is 16.4. The predicted octanol–water partition coefficient (Wildman–Crippen LogP) is 4.25. The van der Waals surface area contributed by atoms with Crippen molar-refractivity contribution in [2.45, 2.75) is 0 Å². The van der Waals surface area contributed by atoms with Gasteiger partial charge in [0.1, 0.15) is 0 Å². The molecule has 184 valence electrons. The highest BCUT2D eigenvalue weighted by atomic mass is 35.5. The molecule has 8 nitrogen and oxygen atoms in total. The summed E-state index contributed by atoms with van der Waals surface area (Å²) in [6.07, 6.45) is 0. The number of halogens is 2. The molecule has 0 radical (unpaired) electrons. The quantitative estimate of drug-likeness (QED) is 0.162. The third kappa shape index (κ3) is 14.8. The second-order valence-corrected chi connectivity index (χ2v) is 6.63. The lowest BCUT2D eigenvalue weighted by Crippen LogP contribution is -1.91. The third-order valence-corrected chi connectivity index (χ3v) is 3.78. The summed E-state index contributed by atoms with van der Waals surface area (Å²) in [6.45, 7) is 0. The van der Waals surface area contributed by atoms with E-state index in [2.05, 4.69) is 0 Å². The molecule has 0 fully saturated rings. The van der Waals surface area contributed by atoms with Crippen molar-refractivity contribution in [3.63, 3.8) is 0 Å². The van der Waals surface area contributed by atoms with Crippen LogP contribution < -0.4 is 45.9 Å². The molecule has 4 aromatic rings. The molecule has 0 atom stereocenters. The number of benzene rings is 4. The van der Waals surface area contributed by atoms with Gasteiger partial charge in [-0.1, -0.05) is 18.2 Å². The number of hydrogen-bond acceptors (Lipinski definition) is 8. The summed E-state index contributed by atoms with van der Waals surface area (Å²) in [5.41, 5.74) is 48.7. The number of nitrogens with two attached hydrogens (primary N) is 8. The highest BCUT2D eigenvalue weighted by Gasteiger charge is 1.85. The third-order valence-electron chi connectivity index (χ3n) is 3.78. The van der Waals surface area contributed by atoms with E-state index >= 15 is 0 Å². The van der Waals surface area contributed by atoms with Crippen molar-refractivity contribution < 1.29 is 0 Å². The molecule has 0 amide bonds. The van der Waals surface area contributed by atoms with Crippen LogP contribution in [0.2, 0.25) is 0 Å². The van der Waals surface area contributed by atoms with Gasteiger partial charge in [-0.3, -0.25) is 0 Å². The molecule has 4 aromatic carbocycles. The molecule has 0 spiro atoms. The first-order valence-corrected chi connectivity index (χ1v) is 9.60. The van der Waals surface area contributed by atoms with Crippen molar-refractivity contribution in [3.05, 3.63) is 97.1 Å². The first kappa shape index (κ1) is 32.0. The van der Waals surface area contributed by atoms with E-state index in [-0.39, 0.29) is 24.8 Å². The molecule has 0 aliphatic carbocycles. The van der Waals surface area contributed by atoms with Gasteiger partial charge in [0.2, 0.25) is 0 Å². The molecule has 0 aromatic heterocycles. The number of rotatable bonds is 0. The molecule has 4 rings (SSSR count). The van der Waals surface area contributed by atoms with Gasteiger partial charge in [-0.15, -0.1) is 24.8 Å². The minimum Gasteiger partial charge on any atom is -0.399 e. The van der Waals surface area contributed by atoms with E-state index in [0.717, 1.165) is 22.7 Å². The van der Waals surface area contributed by atoms with Gasteiger partial charge in [0.25, 0.3) is 0 Å². The molecule has 0 aliphatic rings. The summed E-state index contributed by atoms with van der Waals surface area (Å²) in [4.78, 5) is 0. The average molecular weight is 505 g/mol. The second-order valence-electron chi connectivity index (χ2n) is 6.63. The van der Waals surface area contributed by atoms with Crippen LogP contribution in [0.1, 0.15) is 0 Å². The van der Waals surface area contributed by atoms with Crippen LogP contribution in [0.3, 0.4) is 0 Å². The number of nitrogen functional groups attached to an aromatic ring is 8. The SMILES string of the molecule is Cl.Cl.Nc1ccc(N)cc1.Nc1ccc(N)cc1.Nc1cccc(N)c1.Nc1ccccc1N. The molecule has 10 heteroatoms. The van der Waals surface area contributed by atoms with Crippen LogP contribution in [-0.4, -0.2) is 0 Å². The molecule has 0 bridgehead atoms. The molecular weight excluding hydrogens is 471 g/mol. The van der Waals surface area contributed by atoms with Gasteiger partial charge < -0.3 is 45.9 Å². The smallest absolute Gasteiger partial charge is 0.0547 e. The van der Waals surface area contributed by atoms with Gasteiger partial charge in [0.15, 0.2) is 0 Å². The van der Waals surface area contributed by atoms with Gasteiger partial charge in [-0.2, -0.15) is 0 Å². The van der Waals surface area contributed by atoms with E-state index in [4.69, 9.17) is 45.9 Å². The fraction of sp³-hybridized carbons (Fsp3) is 0. The van der Waals surface area contributed by atoms with E-state index in [1.807, 2.05) is 18.2 Å². The lowest BCUT2D eigenvalue weighted by Gasteiger charge is -1.94. The monoisotopic (exact) mass is 504 g/mol. The molecule has 0 saturated heterocycles. The lowest BCUT2D eigenvalue weighted by molar-refractivity contribution is 1.67. The fourth-order valence-corrected chi connectivity index (χ4v) is 2.06. The van der Waals surface area contributed by atoms with Gasteiger partial charge >= 0.3 is 0 Å². The zero-order chi connectivity index (χ0) is 23.9. The number of para-hydroxylation sites is 2. The average Bonchev–Trinajstić information content (AvgIpc) is 2.76. The van der Waals surface area contributed by atoms with Crippen molar-refractivity contribution in [3.8, 4) is 0 Å². The Morgan fingerprint density at radius 1 is 0.294 bits per heavy atom. The second kappa shape index (κ2) is 17.4. The Labute approximate surface area is 213 Å². The summed E-state index contributed by atoms with van der Waals surface area (Å²) in [5, 5.41) is 0. The highest BCUT2D eigenvalue weighted by Crippen LogP contribution is 2.10. The standard InChI is InChI=1S/4C6H8N2.2ClH/c2*7-5-1-2-6(8)4-3-5;7-5-2-1-3-6(8)4-5;7-5-3-1-2-4-6(5)8;;/h4*1-4H,7-8H2;2*1H. The maximum absolute atomic E-state index is 5.39. The summed E-state index contributed by atoms with van der Waals surface area (Å²) in [7, 11) is 0. The Bertz CT molecular complexity index is 935. The Morgan fingerprint density at radius 2 is 0.559 bits per heavy atom. The topological polar surface area (TPSA) is 208 Å². The van der Waals surface area contributed by atoms with Crippen molar-refractivity contribution in [1.82, 2.24) is 0 Å². The van der Waals surface area contributed by atoms with Gasteiger partial charge in [0, 0.05) is 34.1 Å². The lowest BCUT2D eigenvalue weighted by atomic mass is 10.3. The van der Waals surface area contributed by atoms with E-state index in [1.165, 1.54) is 0 Å². The van der Waals surface area contributed by atoms with Crippen LogP contribution in [-0.2, 0) is 0 Å². The number of anilines is 8. The Hall–Kier alpha value is -4.14. The van der Waals surface area contributed by atoms with Gasteiger partial charge in [0.05, 0.1) is 11.4 Å². The van der Waals surface area contributed by atoms with Gasteiger partial charge in [-0.25, -0.2) is 0 Å². The normalized spacial score (nSPS) is 8.47. The zero-order valence-corrected chi connectivity index (χ0v) is 20.3. The van der Waals surface area contributed by atoms with Crippen LogP contribution in [0.25, 0.3) is 0 Å². The summed E-state index contributed by atoms with van der Waals surface area (Å²) >= 11 is 0. The Balaban J connectivity index is 0. The van der Waals surface area contributed by atoms with Crippen molar-refractivity contribution in [1.29, 1.82) is 0 Å². The first-order valence-electron chi connectivity index (χ1n) is 9.60. The van der Waals surface area contributed by atoms with Crippen LogP contribution in [0.4, 0.5) is 45.5 Å². The number of hydrogen-bond donors (Lipinski definition) is 8. The van der Waals surface area contributed by atoms with Crippen molar-refractivity contribution in [2.24, 2.45) is 0 Å². The van der Waals surface area contributed by atoms with E-state index in [9.17, 15) is 0 Å². The molecule has 16 N–H and O–H groups in total. The molecule has 0 heterocycles. The maximum atomic E-state index is 5.39. The zero-order valence-electron chi connectivity index (χ0n) is 18.7. The molecule has 34 heavy (non-hydrogen) atoms. The molecule has 0 saturated carbocycles. The molecule has 0 aliphatic heterocycles. The first-order chi connectivity index (χ1) is 15.2. The molecular formula is C24H34Cl2N8. The summed E-state index contributed by atoms with van der Waals surface area (Å²) in [5.74, 6) is 0. The van der Waals surface area contributed by atoms with E-state index < -0.39 is 0 Å². The summed E-state index contributed by atoms with van der Waals surface area (Å²) < 4.78 is 0. The minimum atomic E-state index is 0. The Morgan fingerprint density at radius 3 is 0.735 bits per heavy atom. The van der Waals surface area contributed by atoms with Crippen molar-refractivity contribution >= 4 is 70.3 Å². The van der Waals surface area contributed by atoms with Crippen LogP contribution in [0.5, 0.6) is 0 Å². The minimum absolute atomic E-state index is 0. The largest absolute Gasteiger partial charge is 0.399 e. The highest BCUT2D eigenvalue weighted by molar-refractivity contribution is 5.85. The fourth-order valence-electron chi connectivity index (χ4n) is 2.06. The van der Waals surface area contributed by atoms with Crippen LogP contribution >= 0.6 is 24.8 Å². The molecule has 0 unspecified atom stereocenters. The van der Waals surface area contributed by atoms with E-state index in [1.54, 1.807) is 78.9 Å². The van der Waals surface area contributed by atoms with Crippen LogP contribution in [0.15, 0.2) is 97.1 Å². The van der Waals surface area contributed by atoms with E-state index in [0.29, 0.717) is 22.7 Å². The van der Waals surface area contributed by atoms with Crippen LogP contribution in [0, 0.1) is 0 Å². The van der Waals surface area contributed by atoms with Gasteiger partial charge in [-0.05, 0) is 78.9 Å². The predicted molar refractivity (Wildman–Crippen MR) is 156 cm³/mol. The summed E-state index contributed by atoms with van der Waals surface area (Å²) in [6, 6.07) is 28.6. The maximum Gasteiger partial charge on any atom is 0.0547 e.